The smallest absolute Gasteiger partial charge is 0.355 e. The zero-order valence-corrected chi connectivity index (χ0v) is 11.1. The average molecular weight is 266 g/mol. The van der Waals surface area contributed by atoms with E-state index in [-0.39, 0.29) is 31.5 Å². The molecule has 18 heavy (non-hydrogen) atoms. The summed E-state index contributed by atoms with van der Waals surface area (Å²) in [5, 5.41) is 5.10. The molecule has 0 spiro atoms. The van der Waals surface area contributed by atoms with Gasteiger partial charge in [0.25, 0.3) is 0 Å². The van der Waals surface area contributed by atoms with Crippen LogP contribution in [0, 0.1) is 10.8 Å². The number of rotatable bonds is 4. The summed E-state index contributed by atoms with van der Waals surface area (Å²) < 4.78 is 39.2. The summed E-state index contributed by atoms with van der Waals surface area (Å²) >= 11 is 0. The van der Waals surface area contributed by atoms with Gasteiger partial charge in [-0.2, -0.15) is 13.2 Å². The zero-order valence-electron chi connectivity index (χ0n) is 11.1. The molecular weight excluding hydrogens is 245 g/mol. The van der Waals surface area contributed by atoms with Crippen LogP contribution in [0.3, 0.4) is 0 Å². The Morgan fingerprint density at radius 1 is 1.39 bits per heavy atom. The van der Waals surface area contributed by atoms with Gasteiger partial charge in [0.1, 0.15) is 0 Å². The monoisotopic (exact) mass is 266 g/mol. The second-order valence-corrected chi connectivity index (χ2v) is 5.71. The van der Waals surface area contributed by atoms with Crippen LogP contribution in [0.15, 0.2) is 0 Å². The van der Waals surface area contributed by atoms with Crippen LogP contribution in [-0.4, -0.2) is 31.7 Å². The minimum absolute atomic E-state index is 0.186. The Labute approximate surface area is 106 Å². The topological polar surface area (TPSA) is 41.1 Å². The number of halogens is 3. The molecule has 0 aliphatic carbocycles. The van der Waals surface area contributed by atoms with Crippen molar-refractivity contribution in [2.45, 2.75) is 39.8 Å². The molecule has 0 aromatic rings. The number of alkyl halides is 3. The molecule has 1 rings (SSSR count). The van der Waals surface area contributed by atoms with E-state index in [4.69, 9.17) is 0 Å². The van der Waals surface area contributed by atoms with E-state index in [0.29, 0.717) is 0 Å². The third kappa shape index (κ3) is 2.96. The molecule has 3 nitrogen and oxygen atoms in total. The molecule has 1 fully saturated rings. The molecule has 1 aliphatic heterocycles. The molecule has 1 unspecified atom stereocenters. The second kappa shape index (κ2) is 5.07. The number of hydrogen-bond donors (Lipinski definition) is 2. The van der Waals surface area contributed by atoms with Crippen molar-refractivity contribution in [1.29, 1.82) is 0 Å². The Morgan fingerprint density at radius 2 is 2.00 bits per heavy atom. The number of carbonyl (C=O) groups is 1. The maximum Gasteiger partial charge on any atom is 0.404 e. The highest BCUT2D eigenvalue weighted by Crippen LogP contribution is 2.43. The highest BCUT2D eigenvalue weighted by Gasteiger charge is 2.61. The van der Waals surface area contributed by atoms with Crippen molar-refractivity contribution >= 4 is 5.91 Å². The molecular formula is C12H21F3N2O. The fourth-order valence-corrected chi connectivity index (χ4v) is 1.87. The van der Waals surface area contributed by atoms with Gasteiger partial charge in [0.15, 0.2) is 5.41 Å². The molecule has 0 bridgehead atoms. The minimum Gasteiger partial charge on any atom is -0.355 e. The van der Waals surface area contributed by atoms with Gasteiger partial charge in [-0.3, -0.25) is 4.79 Å². The van der Waals surface area contributed by atoms with Gasteiger partial charge in [-0.25, -0.2) is 0 Å². The molecule has 6 heteroatoms. The predicted molar refractivity (Wildman–Crippen MR) is 63.1 cm³/mol. The normalized spacial score (nSPS) is 25.2. The number of nitrogens with one attached hydrogen (secondary N) is 2. The summed E-state index contributed by atoms with van der Waals surface area (Å²) in [5.41, 5.74) is -2.44. The fourth-order valence-electron chi connectivity index (χ4n) is 1.87. The number of amides is 1. The molecule has 0 saturated carbocycles. The molecule has 0 aromatic heterocycles. The highest BCUT2D eigenvalue weighted by molar-refractivity contribution is 5.84. The van der Waals surface area contributed by atoms with Crippen LogP contribution in [0.25, 0.3) is 0 Å². The lowest BCUT2D eigenvalue weighted by atomic mass is 9.84. The molecule has 106 valence electrons. The molecule has 1 amide bonds. The molecule has 0 radical (unpaired) electrons. The molecule has 1 saturated heterocycles. The summed E-state index contributed by atoms with van der Waals surface area (Å²) in [4.78, 5) is 11.9. The molecule has 2 N–H and O–H groups in total. The van der Waals surface area contributed by atoms with Gasteiger partial charge in [0.2, 0.25) is 5.91 Å². The summed E-state index contributed by atoms with van der Waals surface area (Å²) in [6, 6.07) is 0. The SMILES string of the molecule is CCC(C)(C)CNC(=O)C1(C(F)(F)F)CCNC1. The standard InChI is InChI=1S/C12H21F3N2O/c1-4-10(2,3)7-17-9(18)11(12(13,14)15)5-6-16-8-11/h16H,4-8H2,1-3H3,(H,17,18). The van der Waals surface area contributed by atoms with Gasteiger partial charge < -0.3 is 10.6 Å². The van der Waals surface area contributed by atoms with Crippen LogP contribution in [0.4, 0.5) is 13.2 Å². The molecule has 1 heterocycles. The van der Waals surface area contributed by atoms with Gasteiger partial charge in [-0.15, -0.1) is 0 Å². The Kier molecular flexibility index (Phi) is 4.30. The fraction of sp³-hybridized carbons (Fsp3) is 0.917. The van der Waals surface area contributed by atoms with Crippen LogP contribution >= 0.6 is 0 Å². The van der Waals surface area contributed by atoms with E-state index < -0.39 is 17.5 Å². The van der Waals surface area contributed by atoms with Crippen molar-refractivity contribution in [1.82, 2.24) is 10.6 Å². The van der Waals surface area contributed by atoms with E-state index >= 15 is 0 Å². The Balaban J connectivity index is 2.74. The van der Waals surface area contributed by atoms with Crippen molar-refractivity contribution in [3.8, 4) is 0 Å². The third-order valence-electron chi connectivity index (χ3n) is 3.82. The first-order valence-corrected chi connectivity index (χ1v) is 6.20. The summed E-state index contributed by atoms with van der Waals surface area (Å²) in [6.07, 6.45) is -3.89. The van der Waals surface area contributed by atoms with Crippen LogP contribution < -0.4 is 10.6 Å². The minimum atomic E-state index is -4.50. The van der Waals surface area contributed by atoms with Crippen LogP contribution in [0.1, 0.15) is 33.6 Å². The zero-order chi connectivity index (χ0) is 14.0. The van der Waals surface area contributed by atoms with E-state index in [9.17, 15) is 18.0 Å². The lowest BCUT2D eigenvalue weighted by Gasteiger charge is -2.31. The van der Waals surface area contributed by atoms with Gasteiger partial charge in [0, 0.05) is 13.1 Å². The van der Waals surface area contributed by atoms with Crippen molar-refractivity contribution in [3.63, 3.8) is 0 Å². The van der Waals surface area contributed by atoms with Crippen LogP contribution in [0.2, 0.25) is 0 Å². The largest absolute Gasteiger partial charge is 0.404 e. The van der Waals surface area contributed by atoms with Gasteiger partial charge in [-0.05, 0) is 24.8 Å². The van der Waals surface area contributed by atoms with E-state index in [1.807, 2.05) is 20.8 Å². The number of carbonyl (C=O) groups excluding carboxylic acids is 1. The van der Waals surface area contributed by atoms with Crippen LogP contribution in [0.5, 0.6) is 0 Å². The van der Waals surface area contributed by atoms with Gasteiger partial charge >= 0.3 is 6.18 Å². The molecule has 1 atom stereocenters. The van der Waals surface area contributed by atoms with Crippen molar-refractivity contribution in [3.05, 3.63) is 0 Å². The molecule has 0 aromatic carbocycles. The molecule has 1 aliphatic rings. The van der Waals surface area contributed by atoms with Gasteiger partial charge in [-0.1, -0.05) is 20.8 Å². The van der Waals surface area contributed by atoms with Crippen molar-refractivity contribution < 1.29 is 18.0 Å². The van der Waals surface area contributed by atoms with Crippen molar-refractivity contribution in [2.75, 3.05) is 19.6 Å². The quantitative estimate of drug-likeness (QED) is 0.818. The Bertz CT molecular complexity index is 307. The Hall–Kier alpha value is -0.780. The predicted octanol–water partition coefficient (Wildman–Crippen LogP) is 2.08. The number of hydrogen-bond acceptors (Lipinski definition) is 2. The lowest BCUT2D eigenvalue weighted by molar-refractivity contribution is -0.216. The lowest BCUT2D eigenvalue weighted by Crippen LogP contribution is -2.53. The summed E-state index contributed by atoms with van der Waals surface area (Å²) in [6.45, 7) is 5.95. The van der Waals surface area contributed by atoms with E-state index in [1.165, 1.54) is 0 Å². The van der Waals surface area contributed by atoms with E-state index in [1.54, 1.807) is 0 Å². The first-order valence-electron chi connectivity index (χ1n) is 6.20. The summed E-state index contributed by atoms with van der Waals surface area (Å²) in [7, 11) is 0. The highest BCUT2D eigenvalue weighted by atomic mass is 19.4. The first-order chi connectivity index (χ1) is 8.15. The second-order valence-electron chi connectivity index (χ2n) is 5.71. The maximum absolute atomic E-state index is 13.1. The van der Waals surface area contributed by atoms with E-state index in [2.05, 4.69) is 10.6 Å². The average Bonchev–Trinajstić information content (AvgIpc) is 2.75. The third-order valence-corrected chi connectivity index (χ3v) is 3.82. The maximum atomic E-state index is 13.1. The Morgan fingerprint density at radius 3 is 2.39 bits per heavy atom. The first kappa shape index (κ1) is 15.3. The van der Waals surface area contributed by atoms with Crippen molar-refractivity contribution in [2.24, 2.45) is 10.8 Å². The van der Waals surface area contributed by atoms with E-state index in [0.717, 1.165) is 6.42 Å². The van der Waals surface area contributed by atoms with Crippen LogP contribution in [-0.2, 0) is 4.79 Å². The van der Waals surface area contributed by atoms with Gasteiger partial charge in [0.05, 0.1) is 0 Å². The summed E-state index contributed by atoms with van der Waals surface area (Å²) in [5.74, 6) is -0.901.